The number of aryl methyl sites for hydroxylation is 1. The van der Waals surface area contributed by atoms with Crippen LogP contribution in [0.15, 0.2) is 42.5 Å². The number of carbonyl (C=O) groups excluding carboxylic acids is 1. The van der Waals surface area contributed by atoms with Crippen molar-refractivity contribution < 1.29 is 14.3 Å². The van der Waals surface area contributed by atoms with Crippen molar-refractivity contribution in [2.75, 3.05) is 12.4 Å². The van der Waals surface area contributed by atoms with Gasteiger partial charge in [-0.05, 0) is 49.1 Å². The molecule has 0 radical (unpaired) electrons. The smallest absolute Gasteiger partial charge is 0.322 e. The minimum absolute atomic E-state index is 0.341. The lowest BCUT2D eigenvalue weighted by molar-refractivity contribution is 0.181. The van der Waals surface area contributed by atoms with Crippen molar-refractivity contribution in [2.45, 2.75) is 39.8 Å². The molecule has 0 heterocycles. The highest BCUT2D eigenvalue weighted by Gasteiger charge is 2.14. The summed E-state index contributed by atoms with van der Waals surface area (Å²) in [5.41, 5.74) is 2.76. The number of urea groups is 1. The summed E-state index contributed by atoms with van der Waals surface area (Å²) < 4.78 is 11.2. The number of carbonyl (C=O) groups is 1. The first-order valence-electron chi connectivity index (χ1n) is 8.38. The van der Waals surface area contributed by atoms with E-state index in [2.05, 4.69) is 24.5 Å². The van der Waals surface area contributed by atoms with Crippen LogP contribution >= 0.6 is 0 Å². The summed E-state index contributed by atoms with van der Waals surface area (Å²) in [4.78, 5) is 12.3. The Morgan fingerprint density at radius 2 is 1.76 bits per heavy atom. The molecule has 0 aromatic heterocycles. The molecule has 1 unspecified atom stereocenters. The molecule has 0 fully saturated rings. The predicted octanol–water partition coefficient (Wildman–Crippen LogP) is 4.67. The Morgan fingerprint density at radius 3 is 2.44 bits per heavy atom. The highest BCUT2D eigenvalue weighted by molar-refractivity contribution is 5.91. The number of ether oxygens (including phenoxy) is 2. The average Bonchev–Trinajstić information content (AvgIpc) is 2.55. The highest BCUT2D eigenvalue weighted by atomic mass is 16.5. The third-order valence-electron chi connectivity index (χ3n) is 3.78. The number of benzene rings is 2. The van der Waals surface area contributed by atoms with Crippen LogP contribution in [0.3, 0.4) is 0 Å². The van der Waals surface area contributed by atoms with Crippen molar-refractivity contribution in [1.29, 1.82) is 0 Å². The van der Waals surface area contributed by atoms with E-state index in [1.54, 1.807) is 14.0 Å². The SMILES string of the molecule is COc1ccc(C)cc1NC(=O)NC(C)Oc1ccccc1C(C)C. The van der Waals surface area contributed by atoms with Gasteiger partial charge >= 0.3 is 6.03 Å². The lowest BCUT2D eigenvalue weighted by atomic mass is 10.0. The molecule has 2 amide bonds. The van der Waals surface area contributed by atoms with Crippen molar-refractivity contribution in [2.24, 2.45) is 0 Å². The minimum Gasteiger partial charge on any atom is -0.495 e. The molecule has 0 bridgehead atoms. The fourth-order valence-corrected chi connectivity index (χ4v) is 2.55. The summed E-state index contributed by atoms with van der Waals surface area (Å²) in [6.07, 6.45) is -0.476. The Bertz CT molecular complexity index is 729. The largest absolute Gasteiger partial charge is 0.495 e. The number of anilines is 1. The zero-order chi connectivity index (χ0) is 18.4. The van der Waals surface area contributed by atoms with Gasteiger partial charge in [-0.2, -0.15) is 0 Å². The maximum Gasteiger partial charge on any atom is 0.322 e. The molecule has 2 aromatic carbocycles. The average molecular weight is 342 g/mol. The first-order chi connectivity index (χ1) is 11.9. The number of amides is 2. The van der Waals surface area contributed by atoms with Gasteiger partial charge in [-0.25, -0.2) is 4.79 Å². The summed E-state index contributed by atoms with van der Waals surface area (Å²) in [5, 5.41) is 5.59. The highest BCUT2D eigenvalue weighted by Crippen LogP contribution is 2.27. The van der Waals surface area contributed by atoms with E-state index in [0.29, 0.717) is 17.4 Å². The molecule has 0 saturated carbocycles. The predicted molar refractivity (Wildman–Crippen MR) is 101 cm³/mol. The standard InChI is InChI=1S/C20H26N2O3/c1-13(2)16-8-6-7-9-18(16)25-15(4)21-20(23)22-17-12-14(3)10-11-19(17)24-5/h6-13,15H,1-5H3,(H2,21,22,23). The molecule has 2 rings (SSSR count). The monoisotopic (exact) mass is 342 g/mol. The quantitative estimate of drug-likeness (QED) is 0.750. The number of rotatable bonds is 6. The van der Waals surface area contributed by atoms with E-state index in [9.17, 15) is 4.79 Å². The molecular formula is C20H26N2O3. The second-order valence-corrected chi connectivity index (χ2v) is 6.25. The second-order valence-electron chi connectivity index (χ2n) is 6.25. The molecule has 5 heteroatoms. The van der Waals surface area contributed by atoms with Gasteiger partial charge in [-0.3, -0.25) is 0 Å². The Hall–Kier alpha value is -2.69. The maximum atomic E-state index is 12.3. The van der Waals surface area contributed by atoms with Crippen molar-refractivity contribution in [1.82, 2.24) is 5.32 Å². The molecular weight excluding hydrogens is 316 g/mol. The second kappa shape index (κ2) is 8.42. The fraction of sp³-hybridized carbons (Fsp3) is 0.350. The summed E-state index contributed by atoms with van der Waals surface area (Å²) in [7, 11) is 1.57. The molecule has 25 heavy (non-hydrogen) atoms. The topological polar surface area (TPSA) is 59.6 Å². The maximum absolute atomic E-state index is 12.3. The van der Waals surface area contributed by atoms with Gasteiger partial charge in [0.05, 0.1) is 12.8 Å². The lowest BCUT2D eigenvalue weighted by Crippen LogP contribution is -2.39. The van der Waals surface area contributed by atoms with Crippen LogP contribution in [0.1, 0.15) is 37.8 Å². The molecule has 1 atom stereocenters. The summed E-state index contributed by atoms with van der Waals surface area (Å²) >= 11 is 0. The summed E-state index contributed by atoms with van der Waals surface area (Å²) in [6.45, 7) is 7.97. The van der Waals surface area contributed by atoms with Gasteiger partial charge in [0, 0.05) is 0 Å². The lowest BCUT2D eigenvalue weighted by Gasteiger charge is -2.20. The molecule has 134 valence electrons. The normalized spacial score (nSPS) is 11.8. The van der Waals surface area contributed by atoms with Crippen LogP contribution in [-0.2, 0) is 0 Å². The van der Waals surface area contributed by atoms with Crippen LogP contribution in [0.5, 0.6) is 11.5 Å². The molecule has 0 aliphatic heterocycles. The van der Waals surface area contributed by atoms with Crippen molar-refractivity contribution in [3.63, 3.8) is 0 Å². The number of para-hydroxylation sites is 1. The van der Waals surface area contributed by atoms with Crippen molar-refractivity contribution in [3.05, 3.63) is 53.6 Å². The molecule has 2 N–H and O–H groups in total. The third kappa shape index (κ3) is 5.14. The number of nitrogens with one attached hydrogen (secondary N) is 2. The number of hydrogen-bond donors (Lipinski definition) is 2. The molecule has 2 aromatic rings. The van der Waals surface area contributed by atoms with E-state index in [1.165, 1.54) is 0 Å². The third-order valence-corrected chi connectivity index (χ3v) is 3.78. The van der Waals surface area contributed by atoms with Crippen molar-refractivity contribution in [3.8, 4) is 11.5 Å². The van der Waals surface area contributed by atoms with Crippen LogP contribution < -0.4 is 20.1 Å². The molecule has 0 spiro atoms. The van der Waals surface area contributed by atoms with Gasteiger partial charge in [0.1, 0.15) is 11.5 Å². The van der Waals surface area contributed by atoms with E-state index in [0.717, 1.165) is 16.9 Å². The number of methoxy groups -OCH3 is 1. The van der Waals surface area contributed by atoms with Crippen LogP contribution in [0, 0.1) is 6.92 Å². The van der Waals surface area contributed by atoms with E-state index in [-0.39, 0.29) is 6.03 Å². The zero-order valence-corrected chi connectivity index (χ0v) is 15.4. The molecule has 0 aliphatic rings. The van der Waals surface area contributed by atoms with Gasteiger partial charge in [-0.1, -0.05) is 38.1 Å². The zero-order valence-electron chi connectivity index (χ0n) is 15.4. The minimum atomic E-state index is -0.476. The molecule has 5 nitrogen and oxygen atoms in total. The van der Waals surface area contributed by atoms with Crippen LogP contribution in [0.25, 0.3) is 0 Å². The first-order valence-corrected chi connectivity index (χ1v) is 8.38. The van der Waals surface area contributed by atoms with Crippen LogP contribution in [0.2, 0.25) is 0 Å². The molecule has 0 saturated heterocycles. The Labute approximate surface area is 149 Å². The van der Waals surface area contributed by atoms with Crippen LogP contribution in [0.4, 0.5) is 10.5 Å². The van der Waals surface area contributed by atoms with Crippen LogP contribution in [-0.4, -0.2) is 19.4 Å². The van der Waals surface area contributed by atoms with E-state index >= 15 is 0 Å². The fourth-order valence-electron chi connectivity index (χ4n) is 2.55. The Balaban J connectivity index is 2.00. The van der Waals surface area contributed by atoms with Gasteiger partial charge in [0.25, 0.3) is 0 Å². The summed E-state index contributed by atoms with van der Waals surface area (Å²) in [5.74, 6) is 1.73. The Morgan fingerprint density at radius 1 is 1.04 bits per heavy atom. The van der Waals surface area contributed by atoms with E-state index < -0.39 is 6.23 Å². The molecule has 0 aliphatic carbocycles. The van der Waals surface area contributed by atoms with Gasteiger partial charge in [0.15, 0.2) is 6.23 Å². The van der Waals surface area contributed by atoms with Gasteiger partial charge < -0.3 is 20.1 Å². The van der Waals surface area contributed by atoms with Gasteiger partial charge in [-0.15, -0.1) is 0 Å². The first kappa shape index (κ1) is 18.6. The van der Waals surface area contributed by atoms with E-state index in [1.807, 2.05) is 49.4 Å². The van der Waals surface area contributed by atoms with Gasteiger partial charge in [0.2, 0.25) is 0 Å². The van der Waals surface area contributed by atoms with Crippen molar-refractivity contribution >= 4 is 11.7 Å². The Kier molecular flexibility index (Phi) is 6.28. The number of hydrogen-bond acceptors (Lipinski definition) is 3. The van der Waals surface area contributed by atoms with E-state index in [4.69, 9.17) is 9.47 Å². The summed E-state index contributed by atoms with van der Waals surface area (Å²) in [6, 6.07) is 13.1.